The summed E-state index contributed by atoms with van der Waals surface area (Å²) in [5.74, 6) is 0. The Morgan fingerprint density at radius 3 is 0.891 bits per heavy atom. The van der Waals surface area contributed by atoms with Crippen LogP contribution in [-0.4, -0.2) is 26.5 Å². The van der Waals surface area contributed by atoms with Crippen molar-refractivity contribution in [1.82, 2.24) is 13.2 Å². The van der Waals surface area contributed by atoms with Crippen molar-refractivity contribution in [3.63, 3.8) is 0 Å². The summed E-state index contributed by atoms with van der Waals surface area (Å²) in [6.45, 7) is 21.5. The van der Waals surface area contributed by atoms with Crippen LogP contribution in [0.5, 0.6) is 0 Å². The number of aromatic nitrogens is 3. The molecule has 0 aliphatic heterocycles. The van der Waals surface area contributed by atoms with E-state index in [4.69, 9.17) is 0 Å². The molecule has 13 rings (SSSR count). The van der Waals surface area contributed by atoms with E-state index in [9.17, 15) is 0 Å². The molecule has 0 radical (unpaired) electrons. The summed E-state index contributed by atoms with van der Waals surface area (Å²) in [6, 6.07) is 55.0. The molecule has 6 heterocycles. The van der Waals surface area contributed by atoms with Gasteiger partial charge in [0.25, 0.3) is 0 Å². The van der Waals surface area contributed by atoms with Crippen LogP contribution in [0.15, 0.2) is 158 Å². The molecule has 0 aliphatic rings. The van der Waals surface area contributed by atoms with Crippen LogP contribution in [0.4, 0.5) is 0 Å². The molecule has 4 heteroatoms. The van der Waals surface area contributed by atoms with Crippen molar-refractivity contribution in [2.45, 2.75) is 78.6 Å². The van der Waals surface area contributed by atoms with Gasteiger partial charge in [-0.2, -0.15) is 0 Å². The average Bonchev–Trinajstić information content (AvgIpc) is 4.12. The summed E-state index contributed by atoms with van der Waals surface area (Å²) in [5, 5.41) is 12.1. The number of benzene rings is 7. The minimum absolute atomic E-state index is 0.0633. The average molecular weight is 889 g/mol. The molecule has 0 aliphatic carbocycles. The molecule has 3 nitrogen and oxygen atoms in total. The Kier molecular flexibility index (Phi) is 7.45. The zero-order valence-corrected chi connectivity index (χ0v) is 40.5. The van der Waals surface area contributed by atoms with Gasteiger partial charge < -0.3 is 0 Å². The molecule has 0 atom stereocenters. The molecule has 0 spiro atoms. The van der Waals surface area contributed by atoms with Crippen LogP contribution in [0, 0.1) is 0 Å². The van der Waals surface area contributed by atoms with Crippen molar-refractivity contribution in [3.8, 4) is 0 Å². The molecule has 0 saturated heterocycles. The van der Waals surface area contributed by atoms with Gasteiger partial charge in [-0.1, -0.05) is 0 Å². The Labute approximate surface area is 376 Å². The molecule has 0 fully saturated rings. The molecule has 7 aromatic carbocycles. The Bertz CT molecular complexity index is 3620. The molecule has 0 amide bonds. The van der Waals surface area contributed by atoms with Crippen molar-refractivity contribution in [1.29, 1.82) is 0 Å². The molecular formula is C60H53GeN3. The quantitative estimate of drug-likeness (QED) is 0.156. The van der Waals surface area contributed by atoms with E-state index in [1.807, 2.05) is 0 Å². The monoisotopic (exact) mass is 889 g/mol. The van der Waals surface area contributed by atoms with Gasteiger partial charge in [-0.15, -0.1) is 0 Å². The van der Waals surface area contributed by atoms with Gasteiger partial charge in [-0.05, 0) is 0 Å². The van der Waals surface area contributed by atoms with Crippen LogP contribution in [0.1, 0.15) is 79.0 Å². The van der Waals surface area contributed by atoms with Gasteiger partial charge in [0.2, 0.25) is 0 Å². The minimum atomic E-state index is -4.17. The summed E-state index contributed by atoms with van der Waals surface area (Å²) in [5.41, 5.74) is 11.8. The van der Waals surface area contributed by atoms with E-state index >= 15 is 0 Å². The van der Waals surface area contributed by atoms with Gasteiger partial charge in [-0.25, -0.2) is 0 Å². The van der Waals surface area contributed by atoms with Gasteiger partial charge in [0.1, 0.15) is 0 Å². The van der Waals surface area contributed by atoms with Crippen LogP contribution in [-0.2, 0) is 16.2 Å². The Hall–Kier alpha value is -6.30. The molecular weight excluding hydrogens is 835 g/mol. The number of fused-ring (bicyclic) bond motifs is 9. The Morgan fingerprint density at radius 2 is 0.578 bits per heavy atom. The third-order valence-corrected chi connectivity index (χ3v) is 24.8. The number of rotatable bonds is 4. The second-order valence-electron chi connectivity index (χ2n) is 21.9. The van der Waals surface area contributed by atoms with Gasteiger partial charge in [0.15, 0.2) is 0 Å². The van der Waals surface area contributed by atoms with E-state index in [-0.39, 0.29) is 16.2 Å². The number of para-hydroxylation sites is 3. The second kappa shape index (κ2) is 12.5. The van der Waals surface area contributed by atoms with E-state index in [0.29, 0.717) is 0 Å². The van der Waals surface area contributed by atoms with E-state index in [1.165, 1.54) is 116 Å². The van der Waals surface area contributed by atoms with Crippen molar-refractivity contribution >= 4 is 112 Å². The summed E-state index contributed by atoms with van der Waals surface area (Å²) in [7, 11) is 0. The standard InChI is InChI=1S/C60H53GeN3/c1-58(2,3)49-33-62-52-24-16-13-21-40(52)43-27-37(30-46(49)55(43)62)61(36-19-11-10-12-20-36,38-28-44-41-22-14-17-25-53(41)63-34-50(59(4,5)6)47(31-38)56(44)63)39-29-45-42-23-15-18-26-54(42)64-35-51(60(7,8)9)48(32-39)57(45)64/h10-35H,1-9H3. The molecule has 64 heavy (non-hydrogen) atoms. The molecule has 312 valence electrons. The van der Waals surface area contributed by atoms with Crippen molar-refractivity contribution in [2.75, 3.05) is 0 Å². The topological polar surface area (TPSA) is 13.2 Å². The maximum absolute atomic E-state index is 4.17. The van der Waals surface area contributed by atoms with Crippen molar-refractivity contribution in [3.05, 3.63) is 175 Å². The molecule has 6 aromatic heterocycles. The first-order valence-corrected chi connectivity index (χ1v) is 27.3. The second-order valence-corrected chi connectivity index (χ2v) is 29.9. The Morgan fingerprint density at radius 1 is 0.297 bits per heavy atom. The molecule has 0 bridgehead atoms. The first-order chi connectivity index (χ1) is 30.6. The first-order valence-electron chi connectivity index (χ1n) is 23.1. The van der Waals surface area contributed by atoms with E-state index in [1.54, 1.807) is 0 Å². The van der Waals surface area contributed by atoms with Crippen molar-refractivity contribution < 1.29 is 0 Å². The van der Waals surface area contributed by atoms with Crippen LogP contribution in [0.2, 0.25) is 0 Å². The van der Waals surface area contributed by atoms with Crippen LogP contribution in [0.3, 0.4) is 0 Å². The summed E-state index contributed by atoms with van der Waals surface area (Å²) < 4.78 is 13.3. The molecule has 0 saturated carbocycles. The van der Waals surface area contributed by atoms with Gasteiger partial charge >= 0.3 is 379 Å². The SMILES string of the molecule is CC(C)(C)c1cn2c3ccccc3c3c[c]([Ge]([c]4ccccc4)([c]4cc5c(C(C)(C)C)cn6c7ccccc7c(c4)c56)[c]4cc5c(C(C)(C)C)cn6c7ccccc7c(c4)c56)cc1c32. The third kappa shape index (κ3) is 4.89. The third-order valence-electron chi connectivity index (χ3n) is 15.0. The van der Waals surface area contributed by atoms with E-state index in [2.05, 4.69) is 234 Å². The summed E-state index contributed by atoms with van der Waals surface area (Å²) in [4.78, 5) is 0. The summed E-state index contributed by atoms with van der Waals surface area (Å²) >= 11 is -4.17. The fourth-order valence-corrected chi connectivity index (χ4v) is 22.3. The predicted octanol–water partition coefficient (Wildman–Crippen LogP) is 12.9. The fraction of sp³-hybridized carbons (Fsp3) is 0.200. The Balaban J connectivity index is 1.30. The van der Waals surface area contributed by atoms with Gasteiger partial charge in [-0.3, -0.25) is 0 Å². The number of nitrogens with zero attached hydrogens (tertiary/aromatic N) is 3. The number of hydrogen-bond acceptors (Lipinski definition) is 0. The van der Waals surface area contributed by atoms with Crippen LogP contribution >= 0.6 is 0 Å². The zero-order valence-electron chi connectivity index (χ0n) is 38.4. The van der Waals surface area contributed by atoms with Crippen LogP contribution in [0.25, 0.3) is 81.6 Å². The van der Waals surface area contributed by atoms with Crippen LogP contribution < -0.4 is 17.6 Å². The van der Waals surface area contributed by atoms with Crippen molar-refractivity contribution in [2.24, 2.45) is 0 Å². The van der Waals surface area contributed by atoms with Gasteiger partial charge in [0.05, 0.1) is 0 Å². The molecule has 0 N–H and O–H groups in total. The van der Waals surface area contributed by atoms with E-state index < -0.39 is 13.3 Å². The molecule has 13 aromatic rings. The summed E-state index contributed by atoms with van der Waals surface area (Å²) in [6.07, 6.45) is 7.35. The predicted molar refractivity (Wildman–Crippen MR) is 278 cm³/mol. The fourth-order valence-electron chi connectivity index (χ4n) is 12.1. The maximum atomic E-state index is 2.68. The van der Waals surface area contributed by atoms with Gasteiger partial charge in [0, 0.05) is 0 Å². The van der Waals surface area contributed by atoms with E-state index in [0.717, 1.165) is 0 Å². The normalized spacial score (nSPS) is 13.7. The zero-order chi connectivity index (χ0) is 43.8. The molecule has 0 unspecified atom stereocenters. The number of hydrogen-bond donors (Lipinski definition) is 0. The first kappa shape index (κ1) is 38.2.